The summed E-state index contributed by atoms with van der Waals surface area (Å²) in [5.41, 5.74) is 2.93. The maximum atomic E-state index is 9.57. The number of aromatic nitrogens is 2. The maximum absolute atomic E-state index is 9.57. The van der Waals surface area contributed by atoms with Crippen LogP contribution in [0, 0.1) is 0 Å². The number of hydrogen-bond acceptors (Lipinski definition) is 3. The smallest absolute Gasteiger partial charge is 0.170 e. The second-order valence-corrected chi connectivity index (χ2v) is 7.15. The number of thiocarbonyl (C=S) groups is 1. The van der Waals surface area contributed by atoms with Crippen molar-refractivity contribution in [2.75, 3.05) is 13.2 Å². The molecule has 1 aromatic carbocycles. The molecule has 7 heteroatoms. The van der Waals surface area contributed by atoms with Crippen molar-refractivity contribution >= 4 is 28.9 Å². The Labute approximate surface area is 168 Å². The average molecular weight is 399 g/mol. The Morgan fingerprint density at radius 2 is 2.04 bits per heavy atom. The van der Waals surface area contributed by atoms with Crippen LogP contribution in [-0.2, 0) is 0 Å². The Morgan fingerprint density at radius 1 is 1.15 bits per heavy atom. The molecule has 2 aromatic heterocycles. The van der Waals surface area contributed by atoms with Gasteiger partial charge in [-0.05, 0) is 54.7 Å². The highest BCUT2D eigenvalue weighted by Crippen LogP contribution is 2.39. The fourth-order valence-corrected chi connectivity index (χ4v) is 4.09. The molecule has 0 amide bonds. The van der Waals surface area contributed by atoms with E-state index in [1.54, 1.807) is 6.20 Å². The van der Waals surface area contributed by atoms with Gasteiger partial charge in [0.2, 0.25) is 0 Å². The average Bonchev–Trinajstić information content (AvgIpc) is 3.28. The number of β-amino-alcohol motifs (C(OH)–C–C–N with tert-alkyl or cyclic N) is 1. The highest BCUT2D eigenvalue weighted by molar-refractivity contribution is 7.80. The first-order valence-corrected chi connectivity index (χ1v) is 9.50. The molecule has 1 saturated heterocycles. The Bertz CT molecular complexity index is 946. The molecular weight excluding hydrogens is 380 g/mol. The van der Waals surface area contributed by atoms with Crippen molar-refractivity contribution in [3.63, 3.8) is 0 Å². The molecule has 138 valence electrons. The largest absolute Gasteiger partial charge is 0.395 e. The van der Waals surface area contributed by atoms with Crippen molar-refractivity contribution in [2.45, 2.75) is 12.1 Å². The van der Waals surface area contributed by atoms with Gasteiger partial charge in [-0.25, -0.2) is 0 Å². The number of aliphatic hydroxyl groups is 1. The Balaban J connectivity index is 1.81. The summed E-state index contributed by atoms with van der Waals surface area (Å²) in [4.78, 5) is 6.54. The molecule has 1 aliphatic rings. The van der Waals surface area contributed by atoms with Crippen molar-refractivity contribution in [1.29, 1.82) is 0 Å². The molecule has 3 aromatic rings. The minimum absolute atomic E-state index is 0.0190. The minimum Gasteiger partial charge on any atom is -0.395 e. The van der Waals surface area contributed by atoms with Crippen LogP contribution < -0.4 is 5.32 Å². The van der Waals surface area contributed by atoms with Gasteiger partial charge in [0, 0.05) is 35.3 Å². The van der Waals surface area contributed by atoms with Gasteiger partial charge in [0.05, 0.1) is 24.4 Å². The second kappa shape index (κ2) is 7.68. The van der Waals surface area contributed by atoms with Gasteiger partial charge in [-0.1, -0.05) is 23.7 Å². The van der Waals surface area contributed by atoms with Crippen molar-refractivity contribution in [3.8, 4) is 5.69 Å². The van der Waals surface area contributed by atoms with Crippen LogP contribution in [0.3, 0.4) is 0 Å². The lowest BCUT2D eigenvalue weighted by Crippen LogP contribution is -2.32. The molecule has 3 heterocycles. The van der Waals surface area contributed by atoms with Crippen molar-refractivity contribution < 1.29 is 5.11 Å². The van der Waals surface area contributed by atoms with Gasteiger partial charge in [-0.15, -0.1) is 0 Å². The van der Waals surface area contributed by atoms with Crippen LogP contribution in [0.25, 0.3) is 5.69 Å². The number of aliphatic hydroxyl groups excluding tert-OH is 1. The topological polar surface area (TPSA) is 53.3 Å². The van der Waals surface area contributed by atoms with Crippen LogP contribution in [0.1, 0.15) is 23.5 Å². The van der Waals surface area contributed by atoms with E-state index < -0.39 is 0 Å². The number of rotatable bonds is 5. The van der Waals surface area contributed by atoms with Gasteiger partial charge in [-0.2, -0.15) is 0 Å². The molecule has 0 aliphatic carbocycles. The van der Waals surface area contributed by atoms with Crippen molar-refractivity contribution in [3.05, 3.63) is 83.4 Å². The highest BCUT2D eigenvalue weighted by Gasteiger charge is 2.40. The van der Waals surface area contributed by atoms with Crippen LogP contribution >= 0.6 is 23.8 Å². The minimum atomic E-state index is -0.113. The molecular formula is C20H19ClN4OS. The SMILES string of the molecule is OCCN1C(=S)N[C@@H](c2ccccn2)[C@H]1c1cccn1-c1cccc(Cl)c1. The molecule has 4 rings (SSSR count). The third-order valence-corrected chi connectivity index (χ3v) is 5.30. The number of halogens is 1. The molecule has 0 spiro atoms. The lowest BCUT2D eigenvalue weighted by molar-refractivity contribution is 0.220. The molecule has 1 fully saturated rings. The van der Waals surface area contributed by atoms with Gasteiger partial charge >= 0.3 is 0 Å². The van der Waals surface area contributed by atoms with Crippen LogP contribution in [0.15, 0.2) is 67.0 Å². The van der Waals surface area contributed by atoms with E-state index in [9.17, 15) is 5.11 Å². The fraction of sp³-hybridized carbons (Fsp3) is 0.200. The first-order valence-electron chi connectivity index (χ1n) is 8.71. The van der Waals surface area contributed by atoms with E-state index in [2.05, 4.69) is 20.9 Å². The zero-order chi connectivity index (χ0) is 18.8. The normalized spacial score (nSPS) is 19.3. The number of pyridine rings is 1. The van der Waals surface area contributed by atoms with Gasteiger partial charge in [-0.3, -0.25) is 4.98 Å². The third kappa shape index (κ3) is 3.43. The molecule has 2 atom stereocenters. The molecule has 0 unspecified atom stereocenters. The summed E-state index contributed by atoms with van der Waals surface area (Å²) in [5, 5.41) is 14.2. The van der Waals surface area contributed by atoms with Crippen LogP contribution in [-0.4, -0.2) is 37.8 Å². The molecule has 27 heavy (non-hydrogen) atoms. The van der Waals surface area contributed by atoms with E-state index in [1.807, 2.05) is 59.6 Å². The number of nitrogens with one attached hydrogen (secondary N) is 1. The van der Waals surface area contributed by atoms with Gasteiger partial charge in [0.25, 0.3) is 0 Å². The predicted octanol–water partition coefficient (Wildman–Crippen LogP) is 3.49. The van der Waals surface area contributed by atoms with Gasteiger partial charge in [0.15, 0.2) is 5.11 Å². The zero-order valence-electron chi connectivity index (χ0n) is 14.5. The van der Waals surface area contributed by atoms with E-state index in [0.29, 0.717) is 16.7 Å². The highest BCUT2D eigenvalue weighted by atomic mass is 35.5. The molecule has 5 nitrogen and oxygen atoms in total. The van der Waals surface area contributed by atoms with Crippen LogP contribution in [0.4, 0.5) is 0 Å². The molecule has 2 N–H and O–H groups in total. The lowest BCUT2D eigenvalue weighted by Gasteiger charge is -2.28. The van der Waals surface area contributed by atoms with Crippen LogP contribution in [0.2, 0.25) is 5.02 Å². The molecule has 0 bridgehead atoms. The summed E-state index contributed by atoms with van der Waals surface area (Å²) in [6, 6.07) is 17.4. The second-order valence-electron chi connectivity index (χ2n) is 6.33. The quantitative estimate of drug-likeness (QED) is 0.644. The Kier molecular flexibility index (Phi) is 5.11. The standard InChI is InChI=1S/C20H19ClN4OS/c21-14-5-3-6-15(13-14)24-10-4-8-17(24)19-18(16-7-1-2-9-22-16)23-20(27)25(19)11-12-26/h1-10,13,18-19,26H,11-12H2,(H,23,27)/t18-,19+/m0/s1. The maximum Gasteiger partial charge on any atom is 0.170 e. The molecule has 0 saturated carbocycles. The van der Waals surface area contributed by atoms with E-state index in [1.165, 1.54) is 0 Å². The lowest BCUT2D eigenvalue weighted by atomic mass is 10.0. The number of nitrogens with zero attached hydrogens (tertiary/aromatic N) is 3. The summed E-state index contributed by atoms with van der Waals surface area (Å²) in [6.07, 6.45) is 3.79. The third-order valence-electron chi connectivity index (χ3n) is 4.71. The first kappa shape index (κ1) is 18.0. The fourth-order valence-electron chi connectivity index (χ4n) is 3.57. The summed E-state index contributed by atoms with van der Waals surface area (Å²) < 4.78 is 2.10. The molecule has 1 aliphatic heterocycles. The summed E-state index contributed by atoms with van der Waals surface area (Å²) in [6.45, 7) is 0.464. The van der Waals surface area contributed by atoms with E-state index in [4.69, 9.17) is 23.8 Å². The Morgan fingerprint density at radius 3 is 2.78 bits per heavy atom. The van der Waals surface area contributed by atoms with E-state index in [0.717, 1.165) is 17.1 Å². The Hall–Kier alpha value is -2.41. The van der Waals surface area contributed by atoms with Gasteiger partial charge in [0.1, 0.15) is 0 Å². The summed E-state index contributed by atoms with van der Waals surface area (Å²) >= 11 is 11.8. The zero-order valence-corrected chi connectivity index (χ0v) is 16.1. The summed E-state index contributed by atoms with van der Waals surface area (Å²) in [7, 11) is 0. The number of hydrogen-bond donors (Lipinski definition) is 2. The monoisotopic (exact) mass is 398 g/mol. The summed E-state index contributed by atoms with van der Waals surface area (Å²) in [5.74, 6) is 0. The molecule has 0 radical (unpaired) electrons. The van der Waals surface area contributed by atoms with E-state index in [-0.39, 0.29) is 18.7 Å². The van der Waals surface area contributed by atoms with Gasteiger partial charge < -0.3 is 19.9 Å². The number of benzene rings is 1. The van der Waals surface area contributed by atoms with Crippen molar-refractivity contribution in [2.24, 2.45) is 0 Å². The van der Waals surface area contributed by atoms with Crippen LogP contribution in [0.5, 0.6) is 0 Å². The first-order chi connectivity index (χ1) is 13.2. The predicted molar refractivity (Wildman–Crippen MR) is 110 cm³/mol. The van der Waals surface area contributed by atoms with E-state index >= 15 is 0 Å². The van der Waals surface area contributed by atoms with Crippen molar-refractivity contribution in [1.82, 2.24) is 19.8 Å².